The molecule has 3 aromatic carbocycles. The minimum absolute atomic E-state index is 0.0575. The Balaban J connectivity index is 1.15. The van der Waals surface area contributed by atoms with E-state index in [2.05, 4.69) is 119 Å². The molecule has 50 heavy (non-hydrogen) atoms. The molecule has 0 bridgehead atoms. The molecule has 0 heterocycles. The molecule has 8 rings (SSSR count). The maximum atomic E-state index is 15.0. The second-order valence-corrected chi connectivity index (χ2v) is 21.9. The van der Waals surface area contributed by atoms with E-state index in [0.29, 0.717) is 39.4 Å². The molecule has 0 amide bonds. The molecule has 0 N–H and O–H groups in total. The first kappa shape index (κ1) is 34.2. The fourth-order valence-corrected chi connectivity index (χ4v) is 18.2. The predicted molar refractivity (Wildman–Crippen MR) is 212 cm³/mol. The summed E-state index contributed by atoms with van der Waals surface area (Å²) in [4.78, 5) is 19.2. The van der Waals surface area contributed by atoms with E-state index in [1.165, 1.54) is 57.8 Å². The zero-order chi connectivity index (χ0) is 35.2. The molecule has 5 aliphatic carbocycles. The SMILES string of the molecule is [C-]#[N+]C(C(=O)C[C@@H](C)[C@H]1CC[C@@]2(C)[C@@H]3CC[C@H]4C(C)(C)[C@@H](C)CC[C@@]45CC35CC[C@]12C)=P(c1ccccc1)(c1ccccc1)c1ccccc1. The van der Waals surface area contributed by atoms with E-state index in [-0.39, 0.29) is 17.1 Å². The number of ketones is 1. The lowest BCUT2D eigenvalue weighted by Crippen LogP contribution is -2.56. The van der Waals surface area contributed by atoms with Crippen molar-refractivity contribution in [2.75, 3.05) is 0 Å². The molecule has 2 spiro atoms. The van der Waals surface area contributed by atoms with Crippen LogP contribution in [0.1, 0.15) is 106 Å². The molecule has 5 fully saturated rings. The zero-order valence-electron chi connectivity index (χ0n) is 31.4. The third-order valence-electron chi connectivity index (χ3n) is 17.0. The van der Waals surface area contributed by atoms with Crippen LogP contribution in [-0.2, 0) is 4.79 Å². The van der Waals surface area contributed by atoms with Gasteiger partial charge in [0.1, 0.15) is 0 Å². The van der Waals surface area contributed by atoms with Gasteiger partial charge in [0.25, 0.3) is 0 Å². The molecule has 5 saturated carbocycles. The van der Waals surface area contributed by atoms with Gasteiger partial charge in [-0.25, -0.2) is 4.85 Å². The Morgan fingerprint density at radius 3 is 1.78 bits per heavy atom. The van der Waals surface area contributed by atoms with Crippen LogP contribution in [0.4, 0.5) is 0 Å². The smallest absolute Gasteiger partial charge is 0.236 e. The first-order valence-corrected chi connectivity index (χ1v) is 21.6. The van der Waals surface area contributed by atoms with Crippen molar-refractivity contribution in [3.63, 3.8) is 0 Å². The van der Waals surface area contributed by atoms with Gasteiger partial charge in [-0.15, -0.1) is 0 Å². The van der Waals surface area contributed by atoms with E-state index < -0.39 is 6.89 Å². The van der Waals surface area contributed by atoms with Crippen LogP contribution in [-0.4, -0.2) is 11.2 Å². The Morgan fingerprint density at radius 1 is 0.720 bits per heavy atom. The first-order chi connectivity index (χ1) is 23.9. The summed E-state index contributed by atoms with van der Waals surface area (Å²) in [5.74, 6) is 3.34. The van der Waals surface area contributed by atoms with Crippen LogP contribution in [0, 0.1) is 63.2 Å². The number of hydrogen-bond acceptors (Lipinski definition) is 1. The molecule has 0 radical (unpaired) electrons. The molecule has 3 heteroatoms. The van der Waals surface area contributed by atoms with Crippen molar-refractivity contribution < 1.29 is 4.79 Å². The van der Waals surface area contributed by atoms with Gasteiger partial charge in [0.15, 0.2) is 5.78 Å². The first-order valence-electron chi connectivity index (χ1n) is 19.8. The number of rotatable bonds is 7. The van der Waals surface area contributed by atoms with Crippen LogP contribution < -0.4 is 15.9 Å². The predicted octanol–water partition coefficient (Wildman–Crippen LogP) is 10.7. The average molecular weight is 684 g/mol. The van der Waals surface area contributed by atoms with Crippen LogP contribution in [0.3, 0.4) is 0 Å². The van der Waals surface area contributed by atoms with Crippen molar-refractivity contribution in [2.24, 2.45) is 56.7 Å². The molecule has 1 unspecified atom stereocenters. The normalized spacial score (nSPS) is 37.2. The third-order valence-corrected chi connectivity index (χ3v) is 21.2. The van der Waals surface area contributed by atoms with Gasteiger partial charge in [0.05, 0.1) is 6.57 Å². The quantitative estimate of drug-likeness (QED) is 0.179. The summed E-state index contributed by atoms with van der Waals surface area (Å²) in [6.45, 7) is 21.4. The van der Waals surface area contributed by atoms with Gasteiger partial charge in [-0.05, 0) is 137 Å². The van der Waals surface area contributed by atoms with E-state index in [1.54, 1.807) is 0 Å². The fourth-order valence-electron chi connectivity index (χ4n) is 14.1. The maximum absolute atomic E-state index is 15.0. The average Bonchev–Trinajstić information content (AvgIpc) is 3.71. The minimum Gasteiger partial charge on any atom is -0.308 e. The van der Waals surface area contributed by atoms with Gasteiger partial charge in [0, 0.05) is 6.42 Å². The van der Waals surface area contributed by atoms with Gasteiger partial charge in [-0.3, -0.25) is 0 Å². The van der Waals surface area contributed by atoms with Crippen molar-refractivity contribution >= 4 is 34.0 Å². The molecule has 0 saturated heterocycles. The van der Waals surface area contributed by atoms with Crippen molar-refractivity contribution in [1.82, 2.24) is 0 Å². The van der Waals surface area contributed by atoms with Gasteiger partial charge in [-0.2, -0.15) is 0 Å². The summed E-state index contributed by atoms with van der Waals surface area (Å²) in [6.07, 6.45) is 12.9. The number of hydrogen-bond donors (Lipinski definition) is 0. The van der Waals surface area contributed by atoms with Crippen LogP contribution in [0.5, 0.6) is 0 Å². The standard InChI is InChI=1S/C47H58NOP/c1-33(31-39(49)42(48-7)50(35-17-11-8-12-18-35,36-19-13-9-14-20-36)37-21-15-10-16-22-37)38-26-27-45(6)41-24-23-40-43(3,4)34(2)25-28-46(40)32-47(41,46)30-29-44(38,45)5/h8-22,33-34,38,40-41H,23-32H2,1-6H3/t33-,34+,38-,40+,41+,44-,45+,46-,47?/m1/s1. The Hall–Kier alpha value is -2.88. The van der Waals surface area contributed by atoms with E-state index in [4.69, 9.17) is 6.57 Å². The summed E-state index contributed by atoms with van der Waals surface area (Å²) >= 11 is 0. The van der Waals surface area contributed by atoms with Gasteiger partial charge < -0.3 is 4.79 Å². The van der Waals surface area contributed by atoms with Crippen molar-refractivity contribution in [3.05, 3.63) is 102 Å². The second kappa shape index (κ2) is 11.8. The molecular weight excluding hydrogens is 625 g/mol. The van der Waals surface area contributed by atoms with Crippen molar-refractivity contribution in [3.8, 4) is 0 Å². The summed E-state index contributed by atoms with van der Waals surface area (Å²) in [7, 11) is 0. The molecule has 9 atom stereocenters. The Labute approximate surface area is 302 Å². The van der Waals surface area contributed by atoms with Gasteiger partial charge in [0.2, 0.25) is 5.42 Å². The summed E-state index contributed by atoms with van der Waals surface area (Å²) in [5.41, 5.74) is 2.61. The summed E-state index contributed by atoms with van der Waals surface area (Å²) < 4.78 is 0. The van der Waals surface area contributed by atoms with E-state index in [9.17, 15) is 4.79 Å². The third kappa shape index (κ3) is 4.41. The molecule has 2 nitrogen and oxygen atoms in total. The number of benzene rings is 3. The Morgan fingerprint density at radius 2 is 1.24 bits per heavy atom. The molecule has 3 aromatic rings. The Bertz CT molecular complexity index is 1770. The monoisotopic (exact) mass is 683 g/mol. The lowest BCUT2D eigenvalue weighted by Gasteiger charge is -2.63. The van der Waals surface area contributed by atoms with Gasteiger partial charge >= 0.3 is 0 Å². The zero-order valence-corrected chi connectivity index (χ0v) is 32.3. The second-order valence-electron chi connectivity index (χ2n) is 18.6. The highest BCUT2D eigenvalue weighted by molar-refractivity contribution is 7.96. The van der Waals surface area contributed by atoms with Crippen LogP contribution in [0.2, 0.25) is 0 Å². The largest absolute Gasteiger partial charge is 0.308 e. The maximum Gasteiger partial charge on any atom is 0.236 e. The number of carbonyl (C=O) groups excluding carboxylic acids is 1. The highest BCUT2D eigenvalue weighted by atomic mass is 31.2. The number of carbonyl (C=O) groups is 1. The number of nitrogens with zero attached hydrogens (tertiary/aromatic N) is 1. The lowest BCUT2D eigenvalue weighted by atomic mass is 9.41. The molecule has 5 aliphatic rings. The van der Waals surface area contributed by atoms with E-state index in [1.807, 2.05) is 18.2 Å². The van der Waals surface area contributed by atoms with E-state index >= 15 is 0 Å². The summed E-state index contributed by atoms with van der Waals surface area (Å²) in [5, 5.41) is 3.24. The van der Waals surface area contributed by atoms with Gasteiger partial charge in [-0.1, -0.05) is 133 Å². The fraction of sp³-hybridized carbons (Fsp3) is 0.553. The van der Waals surface area contributed by atoms with Crippen LogP contribution in [0.25, 0.3) is 4.85 Å². The van der Waals surface area contributed by atoms with Crippen molar-refractivity contribution in [2.45, 2.75) is 106 Å². The topological polar surface area (TPSA) is 21.4 Å². The minimum atomic E-state index is -2.71. The molecule has 262 valence electrons. The number of fused-ring (bicyclic) bond motifs is 2. The molecule has 0 aromatic heterocycles. The lowest BCUT2D eigenvalue weighted by molar-refractivity contribution is -0.149. The van der Waals surface area contributed by atoms with Crippen LogP contribution >= 0.6 is 6.89 Å². The highest BCUT2D eigenvalue weighted by Crippen LogP contribution is 2.89. The summed E-state index contributed by atoms with van der Waals surface area (Å²) in [6, 6.07) is 31.3. The van der Waals surface area contributed by atoms with E-state index in [0.717, 1.165) is 33.7 Å². The van der Waals surface area contributed by atoms with Crippen LogP contribution in [0.15, 0.2) is 91.0 Å². The Kier molecular flexibility index (Phi) is 8.09. The van der Waals surface area contributed by atoms with Crippen molar-refractivity contribution in [1.29, 1.82) is 0 Å². The molecule has 0 aliphatic heterocycles. The molecular formula is C47H58NOP. The number of Topliss-reactive ketones (excluding diaryl/α,β-unsaturated/α-hetero) is 1. The highest BCUT2D eigenvalue weighted by Gasteiger charge is 2.81.